The van der Waals surface area contributed by atoms with Crippen molar-refractivity contribution >= 4 is 34.8 Å². The molecule has 1 unspecified atom stereocenters. The molecule has 1 fully saturated rings. The van der Waals surface area contributed by atoms with Crippen LogP contribution in [0.25, 0.3) is 10.9 Å². The van der Waals surface area contributed by atoms with Crippen molar-refractivity contribution in [2.45, 2.75) is 63.1 Å². The summed E-state index contributed by atoms with van der Waals surface area (Å²) >= 11 is 0. The van der Waals surface area contributed by atoms with E-state index in [0.717, 1.165) is 32.5 Å². The standard InChI is InChI=1S/C20H28N4O.C6H8O7/c1-4-24(5-2)20(25)22-14-10-16-15-7-6-8-17-19(15)13(11-21-17)9-18(16)23(3)12-14;7-3(8)1-6(13,5(11)12)2-4(9)10/h6-8,11,14,16,18,21H,4-5,9-10,12H2,1-3H3,(H,22,25);13H,1-2H2,(H,7,8)(H,9,10)(H,11,12)/t14-,16?,18+;/m0./s1. The van der Waals surface area contributed by atoms with E-state index >= 15 is 0 Å². The molecular weight excluding hydrogens is 496 g/mol. The summed E-state index contributed by atoms with van der Waals surface area (Å²) in [6.07, 6.45) is 2.00. The van der Waals surface area contributed by atoms with Gasteiger partial charge in [0.05, 0.1) is 12.8 Å². The van der Waals surface area contributed by atoms with Gasteiger partial charge in [-0.05, 0) is 50.9 Å². The Balaban J connectivity index is 0.000000263. The van der Waals surface area contributed by atoms with Gasteiger partial charge >= 0.3 is 23.9 Å². The molecule has 1 saturated heterocycles. The predicted molar refractivity (Wildman–Crippen MR) is 138 cm³/mol. The number of nitrogens with zero attached hydrogens (tertiary/aromatic N) is 2. The van der Waals surface area contributed by atoms with Crippen molar-refractivity contribution < 1.29 is 39.6 Å². The van der Waals surface area contributed by atoms with Gasteiger partial charge in [0, 0.05) is 54.7 Å². The average molecular weight is 533 g/mol. The number of rotatable bonds is 8. The van der Waals surface area contributed by atoms with Crippen molar-refractivity contribution in [1.82, 2.24) is 20.1 Å². The van der Waals surface area contributed by atoms with Crippen molar-refractivity contribution in [3.05, 3.63) is 35.5 Å². The molecular formula is C26H36N4O8. The van der Waals surface area contributed by atoms with Crippen LogP contribution < -0.4 is 5.32 Å². The number of carboxylic acids is 3. The Hall–Kier alpha value is -3.64. The number of amides is 2. The van der Waals surface area contributed by atoms with Crippen LogP contribution in [0.2, 0.25) is 0 Å². The highest BCUT2D eigenvalue weighted by molar-refractivity contribution is 5.89. The summed E-state index contributed by atoms with van der Waals surface area (Å²) in [7, 11) is 2.20. The quantitative estimate of drug-likeness (QED) is 0.294. The molecule has 2 heterocycles. The number of benzene rings is 1. The molecule has 2 amide bonds. The molecule has 0 bridgehead atoms. The molecule has 208 valence electrons. The first-order chi connectivity index (χ1) is 17.9. The van der Waals surface area contributed by atoms with Crippen molar-refractivity contribution in [2.24, 2.45) is 0 Å². The Labute approximate surface area is 220 Å². The van der Waals surface area contributed by atoms with Gasteiger partial charge in [0.15, 0.2) is 5.60 Å². The number of likely N-dealkylation sites (N-methyl/N-ethyl adjacent to an activating group) is 1. The number of urea groups is 1. The number of fused-ring (bicyclic) bond motifs is 2. The molecule has 12 heteroatoms. The van der Waals surface area contributed by atoms with Crippen LogP contribution in [-0.4, -0.2) is 104 Å². The number of aromatic nitrogens is 1. The van der Waals surface area contributed by atoms with E-state index in [2.05, 4.69) is 46.6 Å². The highest BCUT2D eigenvalue weighted by atomic mass is 16.4. The second-order valence-electron chi connectivity index (χ2n) is 9.93. The van der Waals surface area contributed by atoms with Gasteiger partial charge < -0.3 is 40.5 Å². The smallest absolute Gasteiger partial charge is 0.336 e. The largest absolute Gasteiger partial charge is 0.481 e. The lowest BCUT2D eigenvalue weighted by molar-refractivity contribution is -0.170. The number of H-pyrrole nitrogens is 1. The third-order valence-corrected chi connectivity index (χ3v) is 7.39. The van der Waals surface area contributed by atoms with Gasteiger partial charge in [-0.15, -0.1) is 0 Å². The number of carbonyl (C=O) groups is 4. The van der Waals surface area contributed by atoms with Crippen LogP contribution in [0.15, 0.2) is 24.4 Å². The first-order valence-electron chi connectivity index (χ1n) is 12.6. The van der Waals surface area contributed by atoms with Gasteiger partial charge in [-0.3, -0.25) is 9.59 Å². The number of aromatic amines is 1. The lowest BCUT2D eigenvalue weighted by Crippen LogP contribution is -2.56. The molecule has 0 spiro atoms. The van der Waals surface area contributed by atoms with E-state index in [1.807, 2.05) is 18.7 Å². The summed E-state index contributed by atoms with van der Waals surface area (Å²) in [6, 6.07) is 7.38. The predicted octanol–water partition coefficient (Wildman–Crippen LogP) is 1.68. The second kappa shape index (κ2) is 11.8. The van der Waals surface area contributed by atoms with Crippen LogP contribution in [0.5, 0.6) is 0 Å². The molecule has 2 aliphatic rings. The van der Waals surface area contributed by atoms with E-state index in [1.165, 1.54) is 22.0 Å². The van der Waals surface area contributed by atoms with Gasteiger partial charge in [-0.1, -0.05) is 12.1 Å². The molecule has 0 radical (unpaired) electrons. The summed E-state index contributed by atoms with van der Waals surface area (Å²) in [4.78, 5) is 50.7. The van der Waals surface area contributed by atoms with Gasteiger partial charge in [-0.2, -0.15) is 0 Å². The molecule has 4 rings (SSSR count). The molecule has 12 nitrogen and oxygen atoms in total. The van der Waals surface area contributed by atoms with E-state index in [0.29, 0.717) is 12.0 Å². The minimum absolute atomic E-state index is 0.0678. The zero-order valence-electron chi connectivity index (χ0n) is 21.8. The maximum absolute atomic E-state index is 12.5. The van der Waals surface area contributed by atoms with Crippen LogP contribution in [0.3, 0.4) is 0 Å². The normalized spacial score (nSPS) is 20.6. The van der Waals surface area contributed by atoms with E-state index < -0.39 is 36.4 Å². The monoisotopic (exact) mass is 532 g/mol. The van der Waals surface area contributed by atoms with E-state index in [-0.39, 0.29) is 12.1 Å². The summed E-state index contributed by atoms with van der Waals surface area (Å²) < 4.78 is 0. The Morgan fingerprint density at radius 3 is 2.29 bits per heavy atom. The number of hydrogen-bond acceptors (Lipinski definition) is 6. The van der Waals surface area contributed by atoms with Gasteiger partial charge in [-0.25, -0.2) is 9.59 Å². The Bertz CT molecular complexity index is 1180. The molecule has 2 aromatic rings. The third-order valence-electron chi connectivity index (χ3n) is 7.39. The zero-order chi connectivity index (χ0) is 28.2. The van der Waals surface area contributed by atoms with Crippen molar-refractivity contribution in [3.63, 3.8) is 0 Å². The SMILES string of the molecule is CCN(CC)C(=O)N[C@H]1CC2c3cccc4[nH]cc(c34)C[C@H]2N(C)C1.O=C(O)CC(O)(CC(=O)O)C(=O)O. The fraction of sp³-hybridized carbons (Fsp3) is 0.538. The summed E-state index contributed by atoms with van der Waals surface area (Å²) in [6.45, 7) is 6.48. The van der Waals surface area contributed by atoms with E-state index in [4.69, 9.17) is 20.4 Å². The number of aliphatic hydroxyl groups is 1. The zero-order valence-corrected chi connectivity index (χ0v) is 21.8. The molecule has 1 aliphatic heterocycles. The fourth-order valence-corrected chi connectivity index (χ4v) is 5.54. The van der Waals surface area contributed by atoms with Gasteiger partial charge in [0.2, 0.25) is 0 Å². The highest BCUT2D eigenvalue weighted by Crippen LogP contribution is 2.42. The van der Waals surface area contributed by atoms with Gasteiger partial charge in [0.1, 0.15) is 0 Å². The fourth-order valence-electron chi connectivity index (χ4n) is 5.54. The average Bonchev–Trinajstić information content (AvgIpc) is 3.24. The minimum atomic E-state index is -2.74. The first kappa shape index (κ1) is 28.9. The molecule has 3 atom stereocenters. The van der Waals surface area contributed by atoms with Crippen LogP contribution in [0.1, 0.15) is 50.2 Å². The second-order valence-corrected chi connectivity index (χ2v) is 9.93. The minimum Gasteiger partial charge on any atom is -0.481 e. The number of piperidine rings is 1. The Morgan fingerprint density at radius 2 is 1.74 bits per heavy atom. The number of carbonyl (C=O) groups excluding carboxylic acids is 1. The number of aliphatic carboxylic acids is 3. The topological polar surface area (TPSA) is 183 Å². The van der Waals surface area contributed by atoms with Crippen molar-refractivity contribution in [2.75, 3.05) is 26.7 Å². The Kier molecular flexibility index (Phi) is 9.00. The summed E-state index contributed by atoms with van der Waals surface area (Å²) in [5, 5.41) is 38.5. The number of hydrogen-bond donors (Lipinski definition) is 6. The molecule has 38 heavy (non-hydrogen) atoms. The molecule has 6 N–H and O–H groups in total. The first-order valence-corrected chi connectivity index (χ1v) is 12.6. The van der Waals surface area contributed by atoms with E-state index in [9.17, 15) is 19.2 Å². The molecule has 1 aliphatic carbocycles. The van der Waals surface area contributed by atoms with Crippen molar-refractivity contribution in [1.29, 1.82) is 0 Å². The molecule has 0 saturated carbocycles. The Morgan fingerprint density at radius 1 is 1.11 bits per heavy atom. The van der Waals surface area contributed by atoms with E-state index in [1.54, 1.807) is 0 Å². The van der Waals surface area contributed by atoms with Crippen LogP contribution in [-0.2, 0) is 20.8 Å². The van der Waals surface area contributed by atoms with Gasteiger partial charge in [0.25, 0.3) is 0 Å². The molecule has 1 aromatic carbocycles. The van der Waals surface area contributed by atoms with Crippen LogP contribution in [0.4, 0.5) is 4.79 Å². The van der Waals surface area contributed by atoms with Crippen molar-refractivity contribution in [3.8, 4) is 0 Å². The maximum Gasteiger partial charge on any atom is 0.336 e. The maximum atomic E-state index is 12.5. The highest BCUT2D eigenvalue weighted by Gasteiger charge is 2.41. The lowest BCUT2D eigenvalue weighted by Gasteiger charge is -2.45. The number of likely N-dealkylation sites (tertiary alicyclic amines) is 1. The lowest BCUT2D eigenvalue weighted by atomic mass is 9.74. The number of carboxylic acid groups (broad SMARTS) is 3. The summed E-state index contributed by atoms with van der Waals surface area (Å²) in [5.41, 5.74) is 1.38. The summed E-state index contributed by atoms with van der Waals surface area (Å²) in [5.74, 6) is -4.54. The number of nitrogens with one attached hydrogen (secondary N) is 2. The third kappa shape index (κ3) is 6.25. The van der Waals surface area contributed by atoms with Crippen LogP contribution in [0, 0.1) is 0 Å². The molecule has 1 aromatic heterocycles. The van der Waals surface area contributed by atoms with Crippen LogP contribution >= 0.6 is 0 Å².